The van der Waals surface area contributed by atoms with Gasteiger partial charge < -0.3 is 0 Å². The zero-order chi connectivity index (χ0) is 8.43. The smallest absolute Gasteiger partial charge is 0.128 e. The SMILES string of the molecule is CCc1nc(C)c(I)c(C)n1. The van der Waals surface area contributed by atoms with Crippen LogP contribution in [0.2, 0.25) is 0 Å². The molecule has 11 heavy (non-hydrogen) atoms. The minimum atomic E-state index is 0.915. The van der Waals surface area contributed by atoms with Gasteiger partial charge in [0.2, 0.25) is 0 Å². The highest BCUT2D eigenvalue weighted by Crippen LogP contribution is 2.12. The zero-order valence-electron chi connectivity index (χ0n) is 6.98. The summed E-state index contributed by atoms with van der Waals surface area (Å²) in [6.45, 7) is 6.12. The van der Waals surface area contributed by atoms with Crippen molar-refractivity contribution in [2.45, 2.75) is 27.2 Å². The molecule has 3 heteroatoms. The van der Waals surface area contributed by atoms with E-state index >= 15 is 0 Å². The zero-order valence-corrected chi connectivity index (χ0v) is 9.14. The Labute approximate surface area is 80.6 Å². The van der Waals surface area contributed by atoms with Crippen molar-refractivity contribution in [2.24, 2.45) is 0 Å². The van der Waals surface area contributed by atoms with Crippen LogP contribution in [0, 0.1) is 17.4 Å². The van der Waals surface area contributed by atoms with Gasteiger partial charge in [-0.2, -0.15) is 0 Å². The molecule has 0 aliphatic rings. The van der Waals surface area contributed by atoms with E-state index < -0.39 is 0 Å². The van der Waals surface area contributed by atoms with Crippen molar-refractivity contribution in [1.82, 2.24) is 9.97 Å². The van der Waals surface area contributed by atoms with Gasteiger partial charge in [-0.3, -0.25) is 0 Å². The highest BCUT2D eigenvalue weighted by molar-refractivity contribution is 14.1. The van der Waals surface area contributed by atoms with Crippen molar-refractivity contribution in [2.75, 3.05) is 0 Å². The lowest BCUT2D eigenvalue weighted by molar-refractivity contribution is 0.887. The Morgan fingerprint density at radius 1 is 1.18 bits per heavy atom. The Hall–Kier alpha value is -0.190. The van der Waals surface area contributed by atoms with E-state index in [4.69, 9.17) is 0 Å². The molecule has 0 unspecified atom stereocenters. The first-order valence-electron chi connectivity index (χ1n) is 3.64. The maximum atomic E-state index is 4.33. The maximum absolute atomic E-state index is 4.33. The molecule has 0 aliphatic carbocycles. The van der Waals surface area contributed by atoms with Gasteiger partial charge in [0.05, 0.1) is 15.0 Å². The third-order valence-electron chi connectivity index (χ3n) is 1.55. The third kappa shape index (κ3) is 1.89. The Balaban J connectivity index is 3.21. The molecular weight excluding hydrogens is 251 g/mol. The molecule has 0 aromatic carbocycles. The first-order chi connectivity index (χ1) is 5.15. The Morgan fingerprint density at radius 3 is 2.00 bits per heavy atom. The first kappa shape index (κ1) is 8.90. The maximum Gasteiger partial charge on any atom is 0.128 e. The molecule has 0 atom stereocenters. The lowest BCUT2D eigenvalue weighted by atomic mass is 10.3. The van der Waals surface area contributed by atoms with E-state index in [9.17, 15) is 0 Å². The molecule has 0 bridgehead atoms. The van der Waals surface area contributed by atoms with E-state index in [1.165, 1.54) is 3.57 Å². The van der Waals surface area contributed by atoms with Gasteiger partial charge in [-0.25, -0.2) is 9.97 Å². The van der Waals surface area contributed by atoms with Crippen molar-refractivity contribution in [1.29, 1.82) is 0 Å². The summed E-state index contributed by atoms with van der Waals surface area (Å²) in [6, 6.07) is 0. The quantitative estimate of drug-likeness (QED) is 0.725. The van der Waals surface area contributed by atoms with Gasteiger partial charge >= 0.3 is 0 Å². The number of aromatic nitrogens is 2. The average Bonchev–Trinajstić information content (AvgIpc) is 1.99. The molecule has 0 fully saturated rings. The van der Waals surface area contributed by atoms with Gasteiger partial charge in [0.1, 0.15) is 5.82 Å². The van der Waals surface area contributed by atoms with Gasteiger partial charge in [0, 0.05) is 6.42 Å². The topological polar surface area (TPSA) is 25.8 Å². The van der Waals surface area contributed by atoms with Gasteiger partial charge in [0.25, 0.3) is 0 Å². The number of hydrogen-bond donors (Lipinski definition) is 0. The monoisotopic (exact) mass is 262 g/mol. The Morgan fingerprint density at radius 2 is 1.64 bits per heavy atom. The van der Waals surface area contributed by atoms with Crippen molar-refractivity contribution in [3.63, 3.8) is 0 Å². The summed E-state index contributed by atoms with van der Waals surface area (Å²) in [5.41, 5.74) is 2.19. The molecule has 1 rings (SSSR count). The lowest BCUT2D eigenvalue weighted by Crippen LogP contribution is -2.00. The van der Waals surface area contributed by atoms with Crippen LogP contribution in [0.3, 0.4) is 0 Å². The number of aryl methyl sites for hydroxylation is 3. The van der Waals surface area contributed by atoms with Crippen LogP contribution >= 0.6 is 22.6 Å². The molecule has 0 amide bonds. The predicted molar refractivity (Wildman–Crippen MR) is 53.6 cm³/mol. The van der Waals surface area contributed by atoms with Crippen LogP contribution in [0.15, 0.2) is 0 Å². The average molecular weight is 262 g/mol. The fourth-order valence-electron chi connectivity index (χ4n) is 0.930. The molecule has 0 saturated heterocycles. The number of nitrogens with zero attached hydrogens (tertiary/aromatic N) is 2. The van der Waals surface area contributed by atoms with Crippen molar-refractivity contribution in [3.05, 3.63) is 20.8 Å². The fourth-order valence-corrected chi connectivity index (χ4v) is 1.17. The number of halogens is 1. The molecule has 2 nitrogen and oxygen atoms in total. The van der Waals surface area contributed by atoms with Crippen LogP contribution in [-0.2, 0) is 6.42 Å². The summed E-state index contributed by atoms with van der Waals surface area (Å²) in [6.07, 6.45) is 0.915. The molecule has 60 valence electrons. The van der Waals surface area contributed by atoms with Gasteiger partial charge in [0.15, 0.2) is 0 Å². The second kappa shape index (κ2) is 3.47. The highest BCUT2D eigenvalue weighted by Gasteiger charge is 2.02. The second-order valence-electron chi connectivity index (χ2n) is 2.48. The molecule has 0 radical (unpaired) electrons. The van der Waals surface area contributed by atoms with Crippen molar-refractivity contribution in [3.8, 4) is 0 Å². The third-order valence-corrected chi connectivity index (χ3v) is 3.11. The summed E-state index contributed by atoms with van der Waals surface area (Å²) in [7, 11) is 0. The number of hydrogen-bond acceptors (Lipinski definition) is 2. The molecule has 1 heterocycles. The molecule has 0 aliphatic heterocycles. The molecule has 1 aromatic rings. The van der Waals surface area contributed by atoms with Crippen LogP contribution in [0.4, 0.5) is 0 Å². The van der Waals surface area contributed by atoms with Crippen molar-refractivity contribution >= 4 is 22.6 Å². The lowest BCUT2D eigenvalue weighted by Gasteiger charge is -2.03. The van der Waals surface area contributed by atoms with E-state index in [0.717, 1.165) is 23.6 Å². The van der Waals surface area contributed by atoms with Crippen LogP contribution in [0.1, 0.15) is 24.1 Å². The van der Waals surface area contributed by atoms with Crippen LogP contribution in [0.5, 0.6) is 0 Å². The predicted octanol–water partition coefficient (Wildman–Crippen LogP) is 2.26. The molecule has 0 saturated carbocycles. The van der Waals surface area contributed by atoms with Gasteiger partial charge in [-0.05, 0) is 36.4 Å². The summed E-state index contributed by atoms with van der Waals surface area (Å²) in [4.78, 5) is 8.67. The highest BCUT2D eigenvalue weighted by atomic mass is 127. The van der Waals surface area contributed by atoms with Crippen LogP contribution in [-0.4, -0.2) is 9.97 Å². The minimum Gasteiger partial charge on any atom is -0.237 e. The Kier molecular flexibility index (Phi) is 2.81. The minimum absolute atomic E-state index is 0.915. The largest absolute Gasteiger partial charge is 0.237 e. The Bertz CT molecular complexity index is 248. The van der Waals surface area contributed by atoms with E-state index in [0.29, 0.717) is 0 Å². The summed E-state index contributed by atoms with van der Waals surface area (Å²) >= 11 is 2.28. The van der Waals surface area contributed by atoms with Crippen LogP contribution in [0.25, 0.3) is 0 Å². The fraction of sp³-hybridized carbons (Fsp3) is 0.500. The van der Waals surface area contributed by atoms with Crippen molar-refractivity contribution < 1.29 is 0 Å². The second-order valence-corrected chi connectivity index (χ2v) is 3.56. The summed E-state index contributed by atoms with van der Waals surface area (Å²) in [5.74, 6) is 0.945. The van der Waals surface area contributed by atoms with Gasteiger partial charge in [-0.15, -0.1) is 0 Å². The summed E-state index contributed by atoms with van der Waals surface area (Å²) < 4.78 is 1.18. The van der Waals surface area contributed by atoms with Crippen LogP contribution < -0.4 is 0 Å². The number of rotatable bonds is 1. The van der Waals surface area contributed by atoms with E-state index in [1.807, 2.05) is 13.8 Å². The molecule has 1 aromatic heterocycles. The molecule has 0 spiro atoms. The van der Waals surface area contributed by atoms with E-state index in [1.54, 1.807) is 0 Å². The molecular formula is C8H11IN2. The molecule has 0 N–H and O–H groups in total. The first-order valence-corrected chi connectivity index (χ1v) is 4.72. The standard InChI is InChI=1S/C8H11IN2/c1-4-7-10-5(2)8(9)6(3)11-7/h4H2,1-3H3. The van der Waals surface area contributed by atoms with Gasteiger partial charge in [-0.1, -0.05) is 6.92 Å². The van der Waals surface area contributed by atoms with E-state index in [2.05, 4.69) is 39.5 Å². The normalized spacial score (nSPS) is 10.2. The summed E-state index contributed by atoms with van der Waals surface area (Å²) in [5, 5.41) is 0. The van der Waals surface area contributed by atoms with E-state index in [-0.39, 0.29) is 0 Å².